The van der Waals surface area contributed by atoms with Crippen LogP contribution in [0.25, 0.3) is 0 Å². The van der Waals surface area contributed by atoms with E-state index in [0.29, 0.717) is 42.5 Å². The van der Waals surface area contributed by atoms with Crippen LogP contribution in [0.15, 0.2) is 24.3 Å². The number of methoxy groups -OCH3 is 1. The summed E-state index contributed by atoms with van der Waals surface area (Å²) in [6, 6.07) is 6.68. The SMILES string of the molecule is COC(=O)c1ccc(OCCCCOC(=O)CCSCCC(=O)O)cc1. The van der Waals surface area contributed by atoms with E-state index in [1.807, 2.05) is 0 Å². The van der Waals surface area contributed by atoms with E-state index < -0.39 is 11.9 Å². The molecule has 0 bridgehead atoms. The summed E-state index contributed by atoms with van der Waals surface area (Å²) in [4.78, 5) is 33.1. The fourth-order valence-corrected chi connectivity index (χ4v) is 2.71. The molecule has 0 atom stereocenters. The molecule has 0 saturated heterocycles. The Bertz CT molecular complexity index is 571. The Balaban J connectivity index is 2.02. The molecular weight excluding hydrogens is 360 g/mol. The molecule has 1 aromatic rings. The van der Waals surface area contributed by atoms with Crippen LogP contribution in [-0.2, 0) is 19.1 Å². The van der Waals surface area contributed by atoms with Crippen LogP contribution in [0.4, 0.5) is 0 Å². The summed E-state index contributed by atoms with van der Waals surface area (Å²) in [7, 11) is 1.33. The molecule has 0 aliphatic carbocycles. The number of rotatable bonds is 13. The zero-order valence-electron chi connectivity index (χ0n) is 14.8. The van der Waals surface area contributed by atoms with Gasteiger partial charge < -0.3 is 19.3 Å². The minimum Gasteiger partial charge on any atom is -0.494 e. The third kappa shape index (κ3) is 9.93. The van der Waals surface area contributed by atoms with Crippen LogP contribution in [0.2, 0.25) is 0 Å². The summed E-state index contributed by atoms with van der Waals surface area (Å²) >= 11 is 1.43. The minimum absolute atomic E-state index is 0.102. The van der Waals surface area contributed by atoms with Crippen LogP contribution in [-0.4, -0.2) is 54.8 Å². The van der Waals surface area contributed by atoms with Crippen LogP contribution in [0, 0.1) is 0 Å². The predicted molar refractivity (Wildman–Crippen MR) is 97.7 cm³/mol. The summed E-state index contributed by atoms with van der Waals surface area (Å²) in [6.45, 7) is 0.823. The van der Waals surface area contributed by atoms with Gasteiger partial charge in [-0.1, -0.05) is 0 Å². The first-order valence-electron chi connectivity index (χ1n) is 8.29. The Labute approximate surface area is 157 Å². The third-order valence-corrected chi connectivity index (χ3v) is 4.24. The molecule has 0 aliphatic heterocycles. The smallest absolute Gasteiger partial charge is 0.337 e. The van der Waals surface area contributed by atoms with Gasteiger partial charge in [-0.3, -0.25) is 9.59 Å². The van der Waals surface area contributed by atoms with Crippen molar-refractivity contribution in [3.8, 4) is 5.75 Å². The molecule has 26 heavy (non-hydrogen) atoms. The number of carbonyl (C=O) groups is 3. The Hall–Kier alpha value is -2.22. The van der Waals surface area contributed by atoms with E-state index in [-0.39, 0.29) is 18.8 Å². The quantitative estimate of drug-likeness (QED) is 0.409. The minimum atomic E-state index is -0.832. The van der Waals surface area contributed by atoms with E-state index in [1.165, 1.54) is 18.9 Å². The number of esters is 2. The fourth-order valence-electron chi connectivity index (χ4n) is 1.87. The van der Waals surface area contributed by atoms with Crippen molar-refractivity contribution in [1.82, 2.24) is 0 Å². The van der Waals surface area contributed by atoms with Crippen molar-refractivity contribution in [2.24, 2.45) is 0 Å². The zero-order valence-corrected chi connectivity index (χ0v) is 15.6. The van der Waals surface area contributed by atoms with Gasteiger partial charge in [0.15, 0.2) is 0 Å². The van der Waals surface area contributed by atoms with Gasteiger partial charge in [0, 0.05) is 11.5 Å². The van der Waals surface area contributed by atoms with Crippen LogP contribution >= 0.6 is 11.8 Å². The van der Waals surface area contributed by atoms with E-state index in [2.05, 4.69) is 4.74 Å². The summed E-state index contributed by atoms with van der Waals surface area (Å²) < 4.78 is 15.3. The number of hydrogen-bond donors (Lipinski definition) is 1. The van der Waals surface area contributed by atoms with Gasteiger partial charge in [0.25, 0.3) is 0 Å². The van der Waals surface area contributed by atoms with E-state index in [9.17, 15) is 14.4 Å². The van der Waals surface area contributed by atoms with Crippen molar-refractivity contribution in [2.45, 2.75) is 25.7 Å². The van der Waals surface area contributed by atoms with Crippen molar-refractivity contribution in [2.75, 3.05) is 31.8 Å². The van der Waals surface area contributed by atoms with Crippen LogP contribution < -0.4 is 4.74 Å². The average Bonchev–Trinajstić information content (AvgIpc) is 2.63. The van der Waals surface area contributed by atoms with Gasteiger partial charge in [0.2, 0.25) is 0 Å². The topological polar surface area (TPSA) is 99.1 Å². The number of ether oxygens (including phenoxy) is 3. The Kier molecular flexibility index (Phi) is 10.9. The van der Waals surface area contributed by atoms with Gasteiger partial charge in [-0.25, -0.2) is 4.79 Å². The molecule has 7 nitrogen and oxygen atoms in total. The maximum Gasteiger partial charge on any atom is 0.337 e. The average molecular weight is 384 g/mol. The second kappa shape index (κ2) is 13.0. The monoisotopic (exact) mass is 384 g/mol. The molecule has 0 spiro atoms. The molecule has 0 unspecified atom stereocenters. The van der Waals surface area contributed by atoms with Crippen molar-refractivity contribution in [1.29, 1.82) is 0 Å². The van der Waals surface area contributed by atoms with E-state index in [4.69, 9.17) is 14.6 Å². The van der Waals surface area contributed by atoms with Crippen LogP contribution in [0.3, 0.4) is 0 Å². The molecule has 1 N–H and O–H groups in total. The second-order valence-corrected chi connectivity index (χ2v) is 6.52. The predicted octanol–water partition coefficient (Wildman–Crippen LogP) is 2.77. The van der Waals surface area contributed by atoms with E-state index >= 15 is 0 Å². The van der Waals surface area contributed by atoms with Crippen molar-refractivity contribution in [3.63, 3.8) is 0 Å². The van der Waals surface area contributed by atoms with Gasteiger partial charge in [-0.2, -0.15) is 11.8 Å². The van der Waals surface area contributed by atoms with Crippen molar-refractivity contribution >= 4 is 29.7 Å². The van der Waals surface area contributed by atoms with Crippen molar-refractivity contribution < 1.29 is 33.7 Å². The van der Waals surface area contributed by atoms with Gasteiger partial charge >= 0.3 is 17.9 Å². The summed E-state index contributed by atoms with van der Waals surface area (Å²) in [5.41, 5.74) is 0.466. The maximum atomic E-state index is 11.5. The van der Waals surface area contributed by atoms with Gasteiger partial charge in [-0.15, -0.1) is 0 Å². The Morgan fingerprint density at radius 3 is 2.31 bits per heavy atom. The highest BCUT2D eigenvalue weighted by molar-refractivity contribution is 7.99. The van der Waals surface area contributed by atoms with Gasteiger partial charge in [-0.05, 0) is 37.1 Å². The van der Waals surface area contributed by atoms with Crippen molar-refractivity contribution in [3.05, 3.63) is 29.8 Å². The van der Waals surface area contributed by atoms with Gasteiger partial charge in [0.1, 0.15) is 5.75 Å². The highest BCUT2D eigenvalue weighted by Gasteiger charge is 2.05. The molecule has 0 fully saturated rings. The molecule has 0 radical (unpaired) electrons. The molecule has 1 rings (SSSR count). The molecular formula is C18H24O7S. The molecule has 0 aliphatic rings. The number of carbonyl (C=O) groups excluding carboxylic acids is 2. The summed E-state index contributed by atoms with van der Waals surface area (Å²) in [5, 5.41) is 8.49. The normalized spacial score (nSPS) is 10.2. The first kappa shape index (κ1) is 21.8. The molecule has 0 saturated carbocycles. The molecule has 0 amide bonds. The Morgan fingerprint density at radius 1 is 1.00 bits per heavy atom. The number of aliphatic carboxylic acids is 1. The number of carboxylic acids is 1. The molecule has 8 heteroatoms. The van der Waals surface area contributed by atoms with Gasteiger partial charge in [0.05, 0.1) is 38.7 Å². The Morgan fingerprint density at radius 2 is 1.65 bits per heavy atom. The number of hydrogen-bond acceptors (Lipinski definition) is 7. The number of benzene rings is 1. The number of carboxylic acid groups (broad SMARTS) is 1. The largest absolute Gasteiger partial charge is 0.494 e. The lowest BCUT2D eigenvalue weighted by Gasteiger charge is -2.07. The zero-order chi connectivity index (χ0) is 19.2. The standard InChI is InChI=1S/C18H24O7S/c1-23-18(22)14-4-6-15(7-5-14)24-10-2-3-11-25-17(21)9-13-26-12-8-16(19)20/h4-7H,2-3,8-13H2,1H3,(H,19,20). The number of thioether (sulfide) groups is 1. The van der Waals surface area contributed by atoms with Crippen LogP contribution in [0.1, 0.15) is 36.0 Å². The summed E-state index contributed by atoms with van der Waals surface area (Å²) in [6.07, 6.45) is 1.82. The second-order valence-electron chi connectivity index (χ2n) is 5.30. The molecule has 1 aromatic carbocycles. The molecule has 144 valence electrons. The first-order chi connectivity index (χ1) is 12.5. The fraction of sp³-hybridized carbons (Fsp3) is 0.500. The lowest BCUT2D eigenvalue weighted by molar-refractivity contribution is -0.143. The summed E-state index contributed by atoms with van der Waals surface area (Å²) in [5.74, 6) is 0.234. The lowest BCUT2D eigenvalue weighted by Crippen LogP contribution is -2.08. The molecule has 0 aromatic heterocycles. The first-order valence-corrected chi connectivity index (χ1v) is 9.44. The van der Waals surface area contributed by atoms with E-state index in [0.717, 1.165) is 6.42 Å². The van der Waals surface area contributed by atoms with E-state index in [1.54, 1.807) is 24.3 Å². The highest BCUT2D eigenvalue weighted by Crippen LogP contribution is 2.13. The third-order valence-electron chi connectivity index (χ3n) is 3.26. The molecule has 0 heterocycles. The number of unbranched alkanes of at least 4 members (excludes halogenated alkanes) is 1. The maximum absolute atomic E-state index is 11.5. The lowest BCUT2D eigenvalue weighted by atomic mass is 10.2. The van der Waals surface area contributed by atoms with Crippen LogP contribution in [0.5, 0.6) is 5.75 Å². The highest BCUT2D eigenvalue weighted by atomic mass is 32.2.